The smallest absolute Gasteiger partial charge is 0.242 e. The van der Waals surface area contributed by atoms with Gasteiger partial charge in [0.2, 0.25) is 15.9 Å². The van der Waals surface area contributed by atoms with Crippen LogP contribution in [0.2, 0.25) is 0 Å². The van der Waals surface area contributed by atoms with E-state index in [1.807, 2.05) is 18.2 Å². The number of ether oxygens (including phenoxy) is 2. The number of carbonyl (C=O) groups excluding carboxylic acids is 1. The number of hydrogen-bond donors (Lipinski definition) is 1. The Kier molecular flexibility index (Phi) is 6.44. The number of methoxy groups -OCH3 is 2. The van der Waals surface area contributed by atoms with Crippen LogP contribution in [0.4, 0.5) is 5.69 Å². The van der Waals surface area contributed by atoms with Crippen molar-refractivity contribution in [3.63, 3.8) is 0 Å². The fourth-order valence-corrected chi connectivity index (χ4v) is 4.62. The molecule has 0 spiro atoms. The summed E-state index contributed by atoms with van der Waals surface area (Å²) in [6, 6.07) is 10.6. The van der Waals surface area contributed by atoms with Gasteiger partial charge in [0.25, 0.3) is 0 Å². The summed E-state index contributed by atoms with van der Waals surface area (Å²) in [5.74, 6) is 1.28. The Hall–Kier alpha value is -2.58. The first-order valence-electron chi connectivity index (χ1n) is 9.45. The van der Waals surface area contributed by atoms with Crippen LogP contribution in [-0.4, -0.2) is 46.4 Å². The highest BCUT2D eigenvalue weighted by atomic mass is 32.2. The third-order valence-corrected chi connectivity index (χ3v) is 6.92. The third kappa shape index (κ3) is 4.71. The standard InChI is InChI=1S/C21H26N2O5S/c1-23(12-4-5-15-6-10-19(27-2)20(13-15)28-3)29(25,26)17-8-9-18-16(14-17)7-11-21(24)22-18/h6,8-10,13-14H,4-5,7,11-12H2,1-3H3,(H,22,24). The van der Waals surface area contributed by atoms with Gasteiger partial charge in [-0.1, -0.05) is 6.07 Å². The molecule has 156 valence electrons. The monoisotopic (exact) mass is 418 g/mol. The van der Waals surface area contributed by atoms with Crippen LogP contribution in [0, 0.1) is 0 Å². The van der Waals surface area contributed by atoms with E-state index in [0.29, 0.717) is 43.0 Å². The summed E-state index contributed by atoms with van der Waals surface area (Å²) in [7, 11) is 1.18. The van der Waals surface area contributed by atoms with Gasteiger partial charge >= 0.3 is 0 Å². The highest BCUT2D eigenvalue weighted by Crippen LogP contribution is 2.29. The summed E-state index contributed by atoms with van der Waals surface area (Å²) in [5, 5.41) is 2.77. The van der Waals surface area contributed by atoms with Gasteiger partial charge in [-0.05, 0) is 60.7 Å². The summed E-state index contributed by atoms with van der Waals surface area (Å²) < 4.78 is 37.7. The molecule has 0 aromatic heterocycles. The Labute approximate surface area is 171 Å². The molecule has 0 saturated carbocycles. The van der Waals surface area contributed by atoms with Gasteiger partial charge in [0.05, 0.1) is 19.1 Å². The van der Waals surface area contributed by atoms with E-state index in [2.05, 4.69) is 5.32 Å². The van der Waals surface area contributed by atoms with Crippen molar-refractivity contribution in [1.29, 1.82) is 0 Å². The molecule has 1 aliphatic heterocycles. The molecule has 1 amide bonds. The molecule has 0 aliphatic carbocycles. The van der Waals surface area contributed by atoms with Crippen LogP contribution >= 0.6 is 0 Å². The van der Waals surface area contributed by atoms with Gasteiger partial charge in [0, 0.05) is 25.7 Å². The summed E-state index contributed by atoms with van der Waals surface area (Å²) in [6.45, 7) is 0.393. The molecule has 2 aromatic carbocycles. The van der Waals surface area contributed by atoms with Crippen LogP contribution in [0.1, 0.15) is 24.0 Å². The number of nitrogens with zero attached hydrogens (tertiary/aromatic N) is 1. The molecule has 0 fully saturated rings. The average Bonchev–Trinajstić information content (AvgIpc) is 2.72. The van der Waals surface area contributed by atoms with E-state index in [0.717, 1.165) is 17.5 Å². The Bertz CT molecular complexity index is 1000. The van der Waals surface area contributed by atoms with Crippen molar-refractivity contribution in [2.75, 3.05) is 33.1 Å². The number of anilines is 1. The Morgan fingerprint density at radius 3 is 2.52 bits per heavy atom. The number of rotatable bonds is 8. The molecule has 8 heteroatoms. The van der Waals surface area contributed by atoms with E-state index in [9.17, 15) is 13.2 Å². The molecule has 1 heterocycles. The second-order valence-corrected chi connectivity index (χ2v) is 9.03. The fraction of sp³-hybridized carbons (Fsp3) is 0.381. The lowest BCUT2D eigenvalue weighted by Crippen LogP contribution is -2.28. The maximum Gasteiger partial charge on any atom is 0.242 e. The minimum absolute atomic E-state index is 0.0413. The predicted octanol–water partition coefficient (Wildman–Crippen LogP) is 2.84. The van der Waals surface area contributed by atoms with E-state index in [1.54, 1.807) is 39.5 Å². The lowest BCUT2D eigenvalue weighted by atomic mass is 10.0. The van der Waals surface area contributed by atoms with Gasteiger partial charge in [-0.3, -0.25) is 4.79 Å². The second kappa shape index (κ2) is 8.84. The second-order valence-electron chi connectivity index (χ2n) is 6.99. The van der Waals surface area contributed by atoms with Gasteiger partial charge in [-0.15, -0.1) is 0 Å². The SMILES string of the molecule is COc1ccc(CCCN(C)S(=O)(=O)c2ccc3c(c2)CCC(=O)N3)cc1OC. The topological polar surface area (TPSA) is 84.9 Å². The summed E-state index contributed by atoms with van der Waals surface area (Å²) in [4.78, 5) is 11.7. The summed E-state index contributed by atoms with van der Waals surface area (Å²) in [6.07, 6.45) is 2.31. The number of benzene rings is 2. The number of hydrogen-bond acceptors (Lipinski definition) is 5. The summed E-state index contributed by atoms with van der Waals surface area (Å²) in [5.41, 5.74) is 2.60. The molecule has 0 atom stereocenters. The molecular formula is C21H26N2O5S. The molecule has 0 unspecified atom stereocenters. The zero-order valence-electron chi connectivity index (χ0n) is 16.9. The molecule has 1 aliphatic rings. The highest BCUT2D eigenvalue weighted by Gasteiger charge is 2.23. The number of aryl methyl sites for hydroxylation is 2. The number of amides is 1. The van der Waals surface area contributed by atoms with Crippen LogP contribution in [0.25, 0.3) is 0 Å². The van der Waals surface area contributed by atoms with Crippen LogP contribution in [0.5, 0.6) is 11.5 Å². The number of fused-ring (bicyclic) bond motifs is 1. The third-order valence-electron chi connectivity index (χ3n) is 5.07. The molecule has 3 rings (SSSR count). The lowest BCUT2D eigenvalue weighted by Gasteiger charge is -2.21. The Morgan fingerprint density at radius 1 is 1.03 bits per heavy atom. The Balaban J connectivity index is 1.64. The van der Waals surface area contributed by atoms with E-state index in [-0.39, 0.29) is 10.8 Å². The average molecular weight is 419 g/mol. The number of nitrogens with one attached hydrogen (secondary N) is 1. The quantitative estimate of drug-likeness (QED) is 0.713. The van der Waals surface area contributed by atoms with Crippen LogP contribution in [-0.2, 0) is 27.7 Å². The molecule has 0 saturated heterocycles. The lowest BCUT2D eigenvalue weighted by molar-refractivity contribution is -0.116. The molecule has 0 radical (unpaired) electrons. The molecule has 7 nitrogen and oxygen atoms in total. The largest absolute Gasteiger partial charge is 0.493 e. The number of carbonyl (C=O) groups is 1. The first-order chi connectivity index (χ1) is 13.8. The van der Waals surface area contributed by atoms with E-state index < -0.39 is 10.0 Å². The van der Waals surface area contributed by atoms with E-state index in [4.69, 9.17) is 9.47 Å². The zero-order valence-corrected chi connectivity index (χ0v) is 17.7. The molecule has 0 bridgehead atoms. The van der Waals surface area contributed by atoms with Crippen molar-refractivity contribution >= 4 is 21.6 Å². The van der Waals surface area contributed by atoms with Gasteiger partial charge in [-0.25, -0.2) is 12.7 Å². The van der Waals surface area contributed by atoms with Crippen LogP contribution in [0.15, 0.2) is 41.3 Å². The van der Waals surface area contributed by atoms with Gasteiger partial charge < -0.3 is 14.8 Å². The minimum Gasteiger partial charge on any atom is -0.493 e. The minimum atomic E-state index is -3.59. The molecule has 2 aromatic rings. The van der Waals surface area contributed by atoms with Crippen LogP contribution in [0.3, 0.4) is 0 Å². The Morgan fingerprint density at radius 2 is 1.79 bits per heavy atom. The summed E-state index contributed by atoms with van der Waals surface area (Å²) >= 11 is 0. The molecule has 29 heavy (non-hydrogen) atoms. The highest BCUT2D eigenvalue weighted by molar-refractivity contribution is 7.89. The molecular weight excluding hydrogens is 392 g/mol. The zero-order chi connectivity index (χ0) is 21.0. The van der Waals surface area contributed by atoms with Gasteiger partial charge in [0.1, 0.15) is 0 Å². The normalized spacial score (nSPS) is 13.7. The first kappa shape index (κ1) is 21.1. The van der Waals surface area contributed by atoms with Crippen molar-refractivity contribution < 1.29 is 22.7 Å². The van der Waals surface area contributed by atoms with Crippen molar-refractivity contribution in [2.24, 2.45) is 0 Å². The molecule has 1 N–H and O–H groups in total. The van der Waals surface area contributed by atoms with E-state index in [1.165, 1.54) is 4.31 Å². The van der Waals surface area contributed by atoms with Gasteiger partial charge in [0.15, 0.2) is 11.5 Å². The van der Waals surface area contributed by atoms with Gasteiger partial charge in [-0.2, -0.15) is 0 Å². The van der Waals surface area contributed by atoms with Crippen molar-refractivity contribution in [3.8, 4) is 11.5 Å². The first-order valence-corrected chi connectivity index (χ1v) is 10.9. The number of sulfonamides is 1. The maximum absolute atomic E-state index is 12.9. The predicted molar refractivity (Wildman–Crippen MR) is 111 cm³/mol. The van der Waals surface area contributed by atoms with Crippen molar-refractivity contribution in [2.45, 2.75) is 30.6 Å². The maximum atomic E-state index is 12.9. The van der Waals surface area contributed by atoms with Crippen molar-refractivity contribution in [3.05, 3.63) is 47.5 Å². The van der Waals surface area contributed by atoms with Crippen molar-refractivity contribution in [1.82, 2.24) is 4.31 Å². The fourth-order valence-electron chi connectivity index (χ4n) is 3.36. The van der Waals surface area contributed by atoms with E-state index >= 15 is 0 Å². The van der Waals surface area contributed by atoms with Crippen LogP contribution < -0.4 is 14.8 Å².